The molecule has 0 radical (unpaired) electrons. The Bertz CT molecular complexity index is 885. The van der Waals surface area contributed by atoms with Gasteiger partial charge in [0.25, 0.3) is 0 Å². The summed E-state index contributed by atoms with van der Waals surface area (Å²) in [5, 5.41) is 9.24. The zero-order valence-corrected chi connectivity index (χ0v) is 14.3. The van der Waals surface area contributed by atoms with Crippen LogP contribution < -0.4 is 5.73 Å². The smallest absolute Gasteiger partial charge is 0.384 e. The molecule has 1 aromatic rings. The molecule has 0 amide bonds. The maximum Gasteiger partial charge on any atom is 0.411 e. The molecule has 144 valence electrons. The summed E-state index contributed by atoms with van der Waals surface area (Å²) in [5.41, 5.74) is -0.616. The number of halogens is 6. The molecule has 0 spiro atoms. The third-order valence-corrected chi connectivity index (χ3v) is 5.01. The van der Waals surface area contributed by atoms with Crippen molar-refractivity contribution in [2.24, 2.45) is 11.1 Å². The summed E-state index contributed by atoms with van der Waals surface area (Å²) in [7, 11) is 0. The summed E-state index contributed by atoms with van der Waals surface area (Å²) in [5.74, 6) is -0.829. The van der Waals surface area contributed by atoms with Crippen molar-refractivity contribution in [1.29, 1.82) is 5.26 Å². The SMILES string of the molecule is CC1(C)Cc2ccccc2C2=CC(C(F)(F)F)(C(F)(F)F)C(C#N)=C(N)N21. The van der Waals surface area contributed by atoms with E-state index < -0.39 is 34.7 Å². The molecule has 0 aromatic heterocycles. The molecule has 3 nitrogen and oxygen atoms in total. The van der Waals surface area contributed by atoms with Crippen LogP contribution in [0.4, 0.5) is 26.3 Å². The standard InChI is InChI=1S/C18H15F6N3/c1-15(2)7-10-5-3-4-6-11(10)13-8-16(17(19,20)21,18(22,23)24)12(9-25)14(26)27(13)15/h3-6,8H,7,26H2,1-2H3. The Hall–Kier alpha value is -2.63. The Balaban J connectivity index is 2.46. The Morgan fingerprint density at radius 2 is 1.63 bits per heavy atom. The lowest BCUT2D eigenvalue weighted by Gasteiger charge is -2.51. The molecule has 0 bridgehead atoms. The van der Waals surface area contributed by atoms with Gasteiger partial charge >= 0.3 is 12.4 Å². The van der Waals surface area contributed by atoms with E-state index in [1.807, 2.05) is 0 Å². The zero-order chi connectivity index (χ0) is 20.4. The minimum atomic E-state index is -5.80. The predicted octanol–water partition coefficient (Wildman–Crippen LogP) is 4.48. The maximum absolute atomic E-state index is 13.8. The zero-order valence-electron chi connectivity index (χ0n) is 14.3. The molecule has 0 saturated carbocycles. The minimum Gasteiger partial charge on any atom is -0.384 e. The third-order valence-electron chi connectivity index (χ3n) is 5.01. The van der Waals surface area contributed by atoms with Crippen LogP contribution in [0, 0.1) is 16.7 Å². The van der Waals surface area contributed by atoms with Gasteiger partial charge in [-0.15, -0.1) is 0 Å². The predicted molar refractivity (Wildman–Crippen MR) is 85.4 cm³/mol. The van der Waals surface area contributed by atoms with Crippen molar-refractivity contribution in [1.82, 2.24) is 4.90 Å². The third kappa shape index (κ3) is 2.42. The van der Waals surface area contributed by atoms with E-state index in [4.69, 9.17) is 5.73 Å². The molecule has 2 N–H and O–H groups in total. The fraction of sp³-hybridized carbons (Fsp3) is 0.389. The van der Waals surface area contributed by atoms with Crippen molar-refractivity contribution in [2.75, 3.05) is 0 Å². The first-order valence-corrected chi connectivity index (χ1v) is 7.93. The fourth-order valence-electron chi connectivity index (χ4n) is 3.86. The molecule has 2 aliphatic rings. The molecule has 0 unspecified atom stereocenters. The van der Waals surface area contributed by atoms with Gasteiger partial charge in [-0.25, -0.2) is 0 Å². The lowest BCUT2D eigenvalue weighted by Crippen LogP contribution is -2.58. The fourth-order valence-corrected chi connectivity index (χ4v) is 3.86. The summed E-state index contributed by atoms with van der Waals surface area (Å²) in [4.78, 5) is 1.20. The molecule has 1 aromatic carbocycles. The van der Waals surface area contributed by atoms with Crippen molar-refractivity contribution in [3.63, 3.8) is 0 Å². The summed E-state index contributed by atoms with van der Waals surface area (Å²) in [6, 6.07) is 7.37. The topological polar surface area (TPSA) is 53.1 Å². The number of nitrogens with zero attached hydrogens (tertiary/aromatic N) is 2. The van der Waals surface area contributed by atoms with E-state index in [1.165, 1.54) is 17.0 Å². The van der Waals surface area contributed by atoms with Crippen molar-refractivity contribution in [3.05, 3.63) is 52.9 Å². The molecule has 2 heterocycles. The Kier molecular flexibility index (Phi) is 3.86. The number of allylic oxidation sites excluding steroid dienone is 2. The van der Waals surface area contributed by atoms with Gasteiger partial charge in [-0.05, 0) is 31.9 Å². The average Bonchev–Trinajstić information content (AvgIpc) is 2.51. The summed E-state index contributed by atoms with van der Waals surface area (Å²) in [6.45, 7) is 3.29. The number of nitriles is 1. The number of alkyl halides is 6. The average molecular weight is 387 g/mol. The van der Waals surface area contributed by atoms with Crippen LogP contribution in [-0.4, -0.2) is 22.8 Å². The monoisotopic (exact) mass is 387 g/mol. The first kappa shape index (κ1) is 19.1. The van der Waals surface area contributed by atoms with E-state index in [2.05, 4.69) is 0 Å². The molecule has 2 aliphatic heterocycles. The van der Waals surface area contributed by atoms with Crippen molar-refractivity contribution in [3.8, 4) is 6.07 Å². The number of hydrogen-bond donors (Lipinski definition) is 1. The van der Waals surface area contributed by atoms with E-state index in [-0.39, 0.29) is 17.3 Å². The number of fused-ring (bicyclic) bond motifs is 3. The number of hydrogen-bond acceptors (Lipinski definition) is 3. The second-order valence-corrected chi connectivity index (χ2v) is 7.19. The van der Waals surface area contributed by atoms with Gasteiger partial charge in [0.1, 0.15) is 11.9 Å². The molecule has 27 heavy (non-hydrogen) atoms. The first-order valence-electron chi connectivity index (χ1n) is 7.93. The van der Waals surface area contributed by atoms with Gasteiger partial charge in [0, 0.05) is 16.8 Å². The van der Waals surface area contributed by atoms with Gasteiger partial charge in [-0.1, -0.05) is 24.3 Å². The highest BCUT2D eigenvalue weighted by atomic mass is 19.4. The molecular formula is C18H15F6N3. The Morgan fingerprint density at radius 1 is 1.07 bits per heavy atom. The van der Waals surface area contributed by atoms with Crippen LogP contribution in [0.3, 0.4) is 0 Å². The van der Waals surface area contributed by atoms with Crippen LogP contribution in [0.1, 0.15) is 25.0 Å². The number of rotatable bonds is 0. The van der Waals surface area contributed by atoms with Crippen LogP contribution in [0.5, 0.6) is 0 Å². The Labute approximate surface area is 151 Å². The van der Waals surface area contributed by atoms with Gasteiger partial charge in [0.05, 0.1) is 5.57 Å². The van der Waals surface area contributed by atoms with Gasteiger partial charge in [0.15, 0.2) is 0 Å². The van der Waals surface area contributed by atoms with Gasteiger partial charge in [-0.2, -0.15) is 31.6 Å². The quantitative estimate of drug-likeness (QED) is 0.668. The van der Waals surface area contributed by atoms with Crippen LogP contribution in [0.25, 0.3) is 5.70 Å². The van der Waals surface area contributed by atoms with Gasteiger partial charge in [0.2, 0.25) is 5.41 Å². The molecule has 0 aliphatic carbocycles. The van der Waals surface area contributed by atoms with Crippen LogP contribution in [0.15, 0.2) is 41.7 Å². The van der Waals surface area contributed by atoms with Crippen molar-refractivity contribution in [2.45, 2.75) is 38.2 Å². The Morgan fingerprint density at radius 3 is 2.15 bits per heavy atom. The van der Waals surface area contributed by atoms with E-state index >= 15 is 0 Å². The lowest BCUT2D eigenvalue weighted by molar-refractivity contribution is -0.306. The van der Waals surface area contributed by atoms with E-state index in [9.17, 15) is 31.6 Å². The molecule has 9 heteroatoms. The molecular weight excluding hydrogens is 372 g/mol. The van der Waals surface area contributed by atoms with Crippen LogP contribution in [0.2, 0.25) is 0 Å². The van der Waals surface area contributed by atoms with Crippen molar-refractivity contribution < 1.29 is 26.3 Å². The van der Waals surface area contributed by atoms with E-state index in [0.29, 0.717) is 12.0 Å². The highest BCUT2D eigenvalue weighted by Crippen LogP contribution is 2.60. The molecule has 0 atom stereocenters. The highest BCUT2D eigenvalue weighted by Gasteiger charge is 2.74. The summed E-state index contributed by atoms with van der Waals surface area (Å²) >= 11 is 0. The lowest BCUT2D eigenvalue weighted by atomic mass is 9.72. The maximum atomic E-state index is 13.8. The first-order chi connectivity index (χ1) is 12.3. The van der Waals surface area contributed by atoms with Gasteiger partial charge < -0.3 is 10.6 Å². The largest absolute Gasteiger partial charge is 0.411 e. The summed E-state index contributed by atoms with van der Waals surface area (Å²) in [6.07, 6.45) is -11.2. The van der Waals surface area contributed by atoms with Crippen LogP contribution in [-0.2, 0) is 6.42 Å². The second kappa shape index (κ2) is 5.44. The number of benzene rings is 1. The van der Waals surface area contributed by atoms with E-state index in [0.717, 1.165) is 6.07 Å². The second-order valence-electron chi connectivity index (χ2n) is 7.19. The number of nitrogens with two attached hydrogens (primary N) is 1. The molecule has 3 rings (SSSR count). The van der Waals surface area contributed by atoms with Crippen LogP contribution >= 0.6 is 0 Å². The molecule has 0 saturated heterocycles. The highest BCUT2D eigenvalue weighted by molar-refractivity contribution is 5.75. The normalized spacial score (nSPS) is 21.1. The van der Waals surface area contributed by atoms with Gasteiger partial charge in [-0.3, -0.25) is 0 Å². The summed E-state index contributed by atoms with van der Waals surface area (Å²) < 4.78 is 82.8. The molecule has 0 fully saturated rings. The van der Waals surface area contributed by atoms with E-state index in [1.54, 1.807) is 26.0 Å². The minimum absolute atomic E-state index is 0.0989. The van der Waals surface area contributed by atoms with Crippen molar-refractivity contribution >= 4 is 5.70 Å².